The van der Waals surface area contributed by atoms with Crippen molar-refractivity contribution in [2.24, 2.45) is 10.7 Å². The number of nitrogens with zero attached hydrogens (tertiary/aromatic N) is 1. The van der Waals surface area contributed by atoms with Gasteiger partial charge in [-0.15, -0.1) is 0 Å². The van der Waals surface area contributed by atoms with E-state index < -0.39 is 0 Å². The van der Waals surface area contributed by atoms with Crippen LogP contribution < -0.4 is 5.73 Å². The number of hydrogen-bond donors (Lipinski definition) is 1. The van der Waals surface area contributed by atoms with Crippen molar-refractivity contribution in [2.45, 2.75) is 52.2 Å². The molecular weight excluding hydrogens is 176 g/mol. The van der Waals surface area contributed by atoms with Gasteiger partial charge in [-0.3, -0.25) is 0 Å². The highest BCUT2D eigenvalue weighted by Gasteiger charge is 2.27. The zero-order valence-corrected chi connectivity index (χ0v) is 9.50. The lowest BCUT2D eigenvalue weighted by Crippen LogP contribution is -2.33. The second-order valence-corrected chi connectivity index (χ2v) is 4.47. The molecule has 1 rings (SSSR count). The van der Waals surface area contributed by atoms with Crippen molar-refractivity contribution in [3.8, 4) is 0 Å². The summed E-state index contributed by atoms with van der Waals surface area (Å²) < 4.78 is 5.59. The van der Waals surface area contributed by atoms with Gasteiger partial charge in [0.05, 0.1) is 11.6 Å². The SMILES string of the molecule is CCC(N)=CC1=NC(C)(C)CC(C)O1. The van der Waals surface area contributed by atoms with Crippen LogP contribution in [0.2, 0.25) is 0 Å². The minimum atomic E-state index is -0.0302. The molecule has 0 saturated heterocycles. The van der Waals surface area contributed by atoms with Crippen LogP contribution in [0.1, 0.15) is 40.5 Å². The van der Waals surface area contributed by atoms with E-state index in [4.69, 9.17) is 10.5 Å². The molecule has 0 fully saturated rings. The number of ether oxygens (including phenoxy) is 1. The van der Waals surface area contributed by atoms with Crippen molar-refractivity contribution in [3.63, 3.8) is 0 Å². The molecule has 80 valence electrons. The first-order valence-corrected chi connectivity index (χ1v) is 5.15. The Morgan fingerprint density at radius 3 is 2.86 bits per heavy atom. The summed E-state index contributed by atoms with van der Waals surface area (Å²) in [5, 5.41) is 0. The maximum atomic E-state index is 5.74. The molecule has 0 aliphatic carbocycles. The molecule has 0 saturated carbocycles. The van der Waals surface area contributed by atoms with Crippen LogP contribution in [0.5, 0.6) is 0 Å². The van der Waals surface area contributed by atoms with Crippen molar-refractivity contribution < 1.29 is 4.74 Å². The smallest absolute Gasteiger partial charge is 0.211 e. The molecule has 0 amide bonds. The maximum Gasteiger partial charge on any atom is 0.211 e. The summed E-state index contributed by atoms with van der Waals surface area (Å²) in [5.41, 5.74) is 6.52. The van der Waals surface area contributed by atoms with E-state index in [2.05, 4.69) is 25.8 Å². The van der Waals surface area contributed by atoms with Gasteiger partial charge >= 0.3 is 0 Å². The van der Waals surface area contributed by atoms with Gasteiger partial charge in [0.1, 0.15) is 0 Å². The lowest BCUT2D eigenvalue weighted by atomic mass is 9.97. The van der Waals surface area contributed by atoms with E-state index in [1.807, 2.05) is 13.0 Å². The predicted octanol–water partition coefficient (Wildman–Crippen LogP) is 2.22. The Labute approximate surface area is 86.0 Å². The van der Waals surface area contributed by atoms with Crippen LogP contribution >= 0.6 is 0 Å². The zero-order chi connectivity index (χ0) is 10.8. The second-order valence-electron chi connectivity index (χ2n) is 4.47. The highest BCUT2D eigenvalue weighted by Crippen LogP contribution is 2.24. The van der Waals surface area contributed by atoms with Gasteiger partial charge in [0, 0.05) is 18.2 Å². The first kappa shape index (κ1) is 11.1. The summed E-state index contributed by atoms with van der Waals surface area (Å²) in [4.78, 5) is 4.49. The monoisotopic (exact) mass is 196 g/mol. The molecule has 0 aromatic rings. The first-order chi connectivity index (χ1) is 6.43. The molecule has 0 spiro atoms. The molecule has 0 aromatic heterocycles. The van der Waals surface area contributed by atoms with E-state index in [-0.39, 0.29) is 11.6 Å². The van der Waals surface area contributed by atoms with Crippen LogP contribution in [0.15, 0.2) is 16.8 Å². The van der Waals surface area contributed by atoms with Crippen molar-refractivity contribution in [3.05, 3.63) is 11.8 Å². The Hall–Kier alpha value is -0.990. The van der Waals surface area contributed by atoms with Gasteiger partial charge in [-0.05, 0) is 27.2 Å². The Morgan fingerprint density at radius 2 is 2.36 bits per heavy atom. The summed E-state index contributed by atoms with van der Waals surface area (Å²) in [5.74, 6) is 0.674. The second kappa shape index (κ2) is 4.03. The number of nitrogens with two attached hydrogens (primary N) is 1. The van der Waals surface area contributed by atoms with Crippen molar-refractivity contribution >= 4 is 5.90 Å². The van der Waals surface area contributed by atoms with Gasteiger partial charge in [-0.1, -0.05) is 6.92 Å². The quantitative estimate of drug-likeness (QED) is 0.736. The third kappa shape index (κ3) is 3.05. The summed E-state index contributed by atoms with van der Waals surface area (Å²) in [6.45, 7) is 8.31. The molecule has 2 N–H and O–H groups in total. The normalized spacial score (nSPS) is 26.7. The maximum absolute atomic E-state index is 5.74. The molecule has 1 aliphatic rings. The van der Waals surface area contributed by atoms with Crippen LogP contribution in [-0.4, -0.2) is 17.5 Å². The Morgan fingerprint density at radius 1 is 1.71 bits per heavy atom. The molecular formula is C11H20N2O. The molecule has 0 aromatic carbocycles. The van der Waals surface area contributed by atoms with E-state index >= 15 is 0 Å². The van der Waals surface area contributed by atoms with Crippen LogP contribution in [-0.2, 0) is 4.74 Å². The highest BCUT2D eigenvalue weighted by molar-refractivity contribution is 5.89. The van der Waals surface area contributed by atoms with E-state index in [0.717, 1.165) is 18.5 Å². The summed E-state index contributed by atoms with van der Waals surface area (Å²) in [6, 6.07) is 0. The fourth-order valence-electron chi connectivity index (χ4n) is 1.65. The molecule has 3 nitrogen and oxygen atoms in total. The molecule has 3 heteroatoms. The Bertz CT molecular complexity index is 266. The standard InChI is InChI=1S/C11H20N2O/c1-5-9(12)6-10-13-11(3,4)7-8(2)14-10/h6,8H,5,7,12H2,1-4H3. The van der Waals surface area contributed by atoms with Crippen LogP contribution in [0.4, 0.5) is 0 Å². The molecule has 0 bridgehead atoms. The molecule has 1 unspecified atom stereocenters. The average molecular weight is 196 g/mol. The van der Waals surface area contributed by atoms with Crippen molar-refractivity contribution in [1.82, 2.24) is 0 Å². The largest absolute Gasteiger partial charge is 0.475 e. The molecule has 14 heavy (non-hydrogen) atoms. The molecule has 0 radical (unpaired) electrons. The van der Waals surface area contributed by atoms with Gasteiger partial charge in [0.25, 0.3) is 0 Å². The van der Waals surface area contributed by atoms with E-state index in [1.54, 1.807) is 0 Å². The molecule has 1 atom stereocenters. The van der Waals surface area contributed by atoms with Gasteiger partial charge in [0.2, 0.25) is 5.90 Å². The summed E-state index contributed by atoms with van der Waals surface area (Å²) in [6.07, 6.45) is 3.84. The summed E-state index contributed by atoms with van der Waals surface area (Å²) >= 11 is 0. The fraction of sp³-hybridized carbons (Fsp3) is 0.727. The van der Waals surface area contributed by atoms with Crippen LogP contribution in [0, 0.1) is 0 Å². The zero-order valence-electron chi connectivity index (χ0n) is 9.50. The van der Waals surface area contributed by atoms with Crippen LogP contribution in [0.3, 0.4) is 0 Å². The lowest BCUT2D eigenvalue weighted by Gasteiger charge is -2.30. The van der Waals surface area contributed by atoms with Gasteiger partial charge in [-0.25, -0.2) is 4.99 Å². The van der Waals surface area contributed by atoms with E-state index in [9.17, 15) is 0 Å². The topological polar surface area (TPSA) is 47.6 Å². The number of rotatable bonds is 2. The Kier molecular flexibility index (Phi) is 3.19. The minimum absolute atomic E-state index is 0.0302. The van der Waals surface area contributed by atoms with Gasteiger partial charge < -0.3 is 10.5 Å². The lowest BCUT2D eigenvalue weighted by molar-refractivity contribution is 0.147. The van der Waals surface area contributed by atoms with Gasteiger partial charge in [0.15, 0.2) is 0 Å². The fourth-order valence-corrected chi connectivity index (χ4v) is 1.65. The number of allylic oxidation sites excluding steroid dienone is 1. The minimum Gasteiger partial charge on any atom is -0.475 e. The highest BCUT2D eigenvalue weighted by atomic mass is 16.5. The molecule has 1 aliphatic heterocycles. The van der Waals surface area contributed by atoms with E-state index in [1.165, 1.54) is 0 Å². The van der Waals surface area contributed by atoms with Gasteiger partial charge in [-0.2, -0.15) is 0 Å². The number of aliphatic imine (C=N–C) groups is 1. The molecule has 1 heterocycles. The van der Waals surface area contributed by atoms with Crippen molar-refractivity contribution in [1.29, 1.82) is 0 Å². The predicted molar refractivity (Wildman–Crippen MR) is 59.2 cm³/mol. The van der Waals surface area contributed by atoms with Crippen LogP contribution in [0.25, 0.3) is 0 Å². The average Bonchev–Trinajstić information content (AvgIpc) is 1.99. The van der Waals surface area contributed by atoms with E-state index in [0.29, 0.717) is 5.90 Å². The third-order valence-electron chi connectivity index (χ3n) is 2.24. The Balaban J connectivity index is 2.83. The van der Waals surface area contributed by atoms with Crippen molar-refractivity contribution in [2.75, 3.05) is 0 Å². The first-order valence-electron chi connectivity index (χ1n) is 5.15. The third-order valence-corrected chi connectivity index (χ3v) is 2.24. The number of hydrogen-bond acceptors (Lipinski definition) is 3. The summed E-state index contributed by atoms with van der Waals surface area (Å²) in [7, 11) is 0.